The number of amides is 1. The molecule has 5 heteroatoms. The molecule has 2 aromatic heterocycles. The number of aromatic amines is 1. The monoisotopic (exact) mass is 269 g/mol. The van der Waals surface area contributed by atoms with Gasteiger partial charge in [0.1, 0.15) is 11.5 Å². The quantitative estimate of drug-likeness (QED) is 0.768. The van der Waals surface area contributed by atoms with E-state index in [1.807, 2.05) is 32.0 Å². The van der Waals surface area contributed by atoms with Gasteiger partial charge in [0.05, 0.1) is 23.4 Å². The predicted molar refractivity (Wildman–Crippen MR) is 75.4 cm³/mol. The normalized spacial score (nSPS) is 12.5. The second-order valence-electron chi connectivity index (χ2n) is 4.78. The fourth-order valence-electron chi connectivity index (χ4n) is 2.11. The molecule has 102 valence electrons. The summed E-state index contributed by atoms with van der Waals surface area (Å²) in [5.74, 6) is 1.45. The number of furan rings is 1. The molecular formula is C15H15N3O2. The topological polar surface area (TPSA) is 70.9 Å². The molecule has 0 saturated carbocycles. The molecule has 1 aromatic carbocycles. The Balaban J connectivity index is 1.78. The third kappa shape index (κ3) is 2.30. The molecule has 0 fully saturated rings. The average molecular weight is 269 g/mol. The summed E-state index contributed by atoms with van der Waals surface area (Å²) in [5.41, 5.74) is 2.28. The first-order valence-electron chi connectivity index (χ1n) is 6.44. The lowest BCUT2D eigenvalue weighted by Gasteiger charge is -2.11. The summed E-state index contributed by atoms with van der Waals surface area (Å²) >= 11 is 0. The highest BCUT2D eigenvalue weighted by molar-refractivity contribution is 5.97. The van der Waals surface area contributed by atoms with Gasteiger partial charge in [0, 0.05) is 5.56 Å². The zero-order chi connectivity index (χ0) is 14.1. The summed E-state index contributed by atoms with van der Waals surface area (Å²) < 4.78 is 5.51. The van der Waals surface area contributed by atoms with E-state index in [9.17, 15) is 4.79 Å². The van der Waals surface area contributed by atoms with Gasteiger partial charge in [-0.15, -0.1) is 0 Å². The molecule has 0 aliphatic rings. The number of H-pyrrole nitrogens is 1. The summed E-state index contributed by atoms with van der Waals surface area (Å²) in [5, 5.41) is 2.92. The number of nitrogens with one attached hydrogen (secondary N) is 2. The Morgan fingerprint density at radius 3 is 2.95 bits per heavy atom. The summed E-state index contributed by atoms with van der Waals surface area (Å²) in [6, 6.07) is 8.96. The fourth-order valence-corrected chi connectivity index (χ4v) is 2.11. The first-order chi connectivity index (χ1) is 9.63. The van der Waals surface area contributed by atoms with Crippen molar-refractivity contribution in [2.24, 2.45) is 0 Å². The number of aryl methyl sites for hydroxylation is 1. The molecule has 2 heterocycles. The lowest BCUT2D eigenvalue weighted by Crippen LogP contribution is -2.26. The van der Waals surface area contributed by atoms with E-state index >= 15 is 0 Å². The number of aromatic nitrogens is 2. The van der Waals surface area contributed by atoms with Gasteiger partial charge in [-0.3, -0.25) is 4.79 Å². The molecule has 0 bridgehead atoms. The minimum atomic E-state index is -0.173. The van der Waals surface area contributed by atoms with Gasteiger partial charge in [0.2, 0.25) is 0 Å². The van der Waals surface area contributed by atoms with Crippen molar-refractivity contribution in [3.05, 3.63) is 53.7 Å². The van der Waals surface area contributed by atoms with E-state index in [0.717, 1.165) is 22.6 Å². The van der Waals surface area contributed by atoms with Crippen LogP contribution in [-0.2, 0) is 0 Å². The Morgan fingerprint density at radius 1 is 1.35 bits per heavy atom. The maximum atomic E-state index is 12.2. The van der Waals surface area contributed by atoms with Crippen molar-refractivity contribution < 1.29 is 9.21 Å². The van der Waals surface area contributed by atoms with Crippen LogP contribution in [0.15, 0.2) is 41.1 Å². The molecule has 20 heavy (non-hydrogen) atoms. The van der Waals surface area contributed by atoms with Gasteiger partial charge >= 0.3 is 0 Å². The third-order valence-corrected chi connectivity index (χ3v) is 3.22. The van der Waals surface area contributed by atoms with Crippen molar-refractivity contribution in [2.75, 3.05) is 0 Å². The maximum absolute atomic E-state index is 12.2. The van der Waals surface area contributed by atoms with Gasteiger partial charge in [-0.05, 0) is 44.2 Å². The van der Waals surface area contributed by atoms with Crippen LogP contribution in [0.5, 0.6) is 0 Å². The highest BCUT2D eigenvalue weighted by Crippen LogP contribution is 2.17. The van der Waals surface area contributed by atoms with Crippen molar-refractivity contribution in [2.45, 2.75) is 19.9 Å². The van der Waals surface area contributed by atoms with Crippen molar-refractivity contribution in [3.63, 3.8) is 0 Å². The van der Waals surface area contributed by atoms with Gasteiger partial charge in [-0.1, -0.05) is 0 Å². The van der Waals surface area contributed by atoms with Gasteiger partial charge in [0.15, 0.2) is 0 Å². The zero-order valence-electron chi connectivity index (χ0n) is 11.3. The number of fused-ring (bicyclic) bond motifs is 1. The van der Waals surface area contributed by atoms with Crippen molar-refractivity contribution in [1.82, 2.24) is 15.3 Å². The number of imidazole rings is 1. The van der Waals surface area contributed by atoms with Gasteiger partial charge in [-0.25, -0.2) is 4.98 Å². The molecule has 0 radical (unpaired) electrons. The number of hydrogen-bond donors (Lipinski definition) is 2. The molecule has 0 spiro atoms. The summed E-state index contributed by atoms with van der Waals surface area (Å²) in [6.07, 6.45) is 1.61. The van der Waals surface area contributed by atoms with Crippen molar-refractivity contribution >= 4 is 16.9 Å². The Labute approximate surface area is 116 Å². The van der Waals surface area contributed by atoms with Crippen LogP contribution in [0.4, 0.5) is 0 Å². The number of carbonyl (C=O) groups is 1. The van der Waals surface area contributed by atoms with E-state index in [-0.39, 0.29) is 11.9 Å². The van der Waals surface area contributed by atoms with Crippen LogP contribution in [-0.4, -0.2) is 15.9 Å². The third-order valence-electron chi connectivity index (χ3n) is 3.22. The Kier molecular flexibility index (Phi) is 3.02. The first kappa shape index (κ1) is 12.5. The average Bonchev–Trinajstić information content (AvgIpc) is 3.05. The molecule has 0 unspecified atom stereocenters. The lowest BCUT2D eigenvalue weighted by molar-refractivity contribution is 0.0935. The van der Waals surface area contributed by atoms with Crippen LogP contribution in [0.3, 0.4) is 0 Å². The molecule has 0 aliphatic carbocycles. The fraction of sp³-hybridized carbons (Fsp3) is 0.200. The SMILES string of the molecule is Cc1ccc([C@H](C)NC(=O)c2ccc3nc[nH]c3c2)o1. The summed E-state index contributed by atoms with van der Waals surface area (Å²) in [6.45, 7) is 3.77. The molecule has 3 rings (SSSR count). The zero-order valence-corrected chi connectivity index (χ0v) is 11.3. The van der Waals surface area contributed by atoms with E-state index in [0.29, 0.717) is 5.56 Å². The molecule has 5 nitrogen and oxygen atoms in total. The Morgan fingerprint density at radius 2 is 2.20 bits per heavy atom. The van der Waals surface area contributed by atoms with Gasteiger partial charge in [0.25, 0.3) is 5.91 Å². The molecule has 2 N–H and O–H groups in total. The Bertz CT molecular complexity index is 757. The summed E-state index contributed by atoms with van der Waals surface area (Å²) in [4.78, 5) is 19.3. The summed E-state index contributed by atoms with van der Waals surface area (Å²) in [7, 11) is 0. The van der Waals surface area contributed by atoms with Crippen LogP contribution < -0.4 is 5.32 Å². The largest absolute Gasteiger partial charge is 0.464 e. The van der Waals surface area contributed by atoms with Gasteiger partial charge < -0.3 is 14.7 Å². The molecular weight excluding hydrogens is 254 g/mol. The van der Waals surface area contributed by atoms with Crippen LogP contribution in [0.25, 0.3) is 11.0 Å². The van der Waals surface area contributed by atoms with Crippen LogP contribution in [0.1, 0.15) is 34.8 Å². The number of carbonyl (C=O) groups excluding carboxylic acids is 1. The second-order valence-corrected chi connectivity index (χ2v) is 4.78. The van der Waals surface area contributed by atoms with E-state index in [4.69, 9.17) is 4.42 Å². The van der Waals surface area contributed by atoms with Crippen molar-refractivity contribution in [3.8, 4) is 0 Å². The minimum absolute atomic E-state index is 0.136. The van der Waals surface area contributed by atoms with E-state index in [2.05, 4.69) is 15.3 Å². The number of benzene rings is 1. The van der Waals surface area contributed by atoms with Crippen LogP contribution in [0.2, 0.25) is 0 Å². The molecule has 1 atom stereocenters. The second kappa shape index (κ2) is 4.85. The standard InChI is InChI=1S/C15H15N3O2/c1-9-3-6-14(20-9)10(2)18-15(19)11-4-5-12-13(7-11)17-8-16-12/h3-8,10H,1-2H3,(H,16,17)(H,18,19)/t10-/m0/s1. The predicted octanol–water partition coefficient (Wildman–Crippen LogP) is 2.96. The molecule has 0 saturated heterocycles. The molecule has 0 aliphatic heterocycles. The first-order valence-corrected chi connectivity index (χ1v) is 6.44. The van der Waals surface area contributed by atoms with Crippen LogP contribution >= 0.6 is 0 Å². The lowest BCUT2D eigenvalue weighted by atomic mass is 10.1. The smallest absolute Gasteiger partial charge is 0.251 e. The van der Waals surface area contributed by atoms with Crippen molar-refractivity contribution in [1.29, 1.82) is 0 Å². The van der Waals surface area contributed by atoms with E-state index in [1.54, 1.807) is 18.5 Å². The highest BCUT2D eigenvalue weighted by Gasteiger charge is 2.14. The van der Waals surface area contributed by atoms with E-state index in [1.165, 1.54) is 0 Å². The maximum Gasteiger partial charge on any atom is 0.251 e. The number of rotatable bonds is 3. The number of hydrogen-bond acceptors (Lipinski definition) is 3. The minimum Gasteiger partial charge on any atom is -0.464 e. The number of nitrogens with zero attached hydrogens (tertiary/aromatic N) is 1. The molecule has 3 aromatic rings. The van der Waals surface area contributed by atoms with Crippen LogP contribution in [0, 0.1) is 6.92 Å². The van der Waals surface area contributed by atoms with E-state index < -0.39 is 0 Å². The van der Waals surface area contributed by atoms with Gasteiger partial charge in [-0.2, -0.15) is 0 Å². The Hall–Kier alpha value is -2.56. The molecule has 1 amide bonds. The highest BCUT2D eigenvalue weighted by atomic mass is 16.3.